The molecule has 4 heteroatoms. The first kappa shape index (κ1) is 14.0. The molecule has 0 aliphatic rings. The lowest BCUT2D eigenvalue weighted by atomic mass is 10.1. The average Bonchev–Trinajstić information content (AvgIpc) is 2.51. The fourth-order valence-corrected chi connectivity index (χ4v) is 2.81. The summed E-state index contributed by atoms with van der Waals surface area (Å²) in [6, 6.07) is 15.8. The first-order valence-corrected chi connectivity index (χ1v) is 7.51. The second-order valence-corrected chi connectivity index (χ2v) is 5.68. The van der Waals surface area contributed by atoms with E-state index in [9.17, 15) is 0 Å². The van der Waals surface area contributed by atoms with Crippen LogP contribution in [0.3, 0.4) is 0 Å². The largest absolute Gasteiger partial charge is 0.437 e. The molecule has 0 fully saturated rings. The van der Waals surface area contributed by atoms with E-state index in [1.807, 2.05) is 43.3 Å². The van der Waals surface area contributed by atoms with E-state index in [0.717, 1.165) is 26.6 Å². The summed E-state index contributed by atoms with van der Waals surface area (Å²) in [6.45, 7) is 1.92. The number of aromatic nitrogens is 1. The van der Waals surface area contributed by atoms with Crippen LogP contribution >= 0.6 is 15.9 Å². The van der Waals surface area contributed by atoms with E-state index < -0.39 is 0 Å². The Labute approximate surface area is 131 Å². The second-order valence-electron chi connectivity index (χ2n) is 4.89. The molecule has 21 heavy (non-hydrogen) atoms. The van der Waals surface area contributed by atoms with Crippen LogP contribution in [0.4, 0.5) is 0 Å². The Kier molecular flexibility index (Phi) is 3.90. The fourth-order valence-electron chi connectivity index (χ4n) is 2.23. The zero-order valence-electron chi connectivity index (χ0n) is 11.6. The predicted octanol–water partition coefficient (Wildman–Crippen LogP) is 4.81. The Morgan fingerprint density at radius 1 is 1.10 bits per heavy atom. The van der Waals surface area contributed by atoms with E-state index in [2.05, 4.69) is 33.0 Å². The lowest BCUT2D eigenvalue weighted by Gasteiger charge is -2.14. The van der Waals surface area contributed by atoms with Crippen LogP contribution in [-0.4, -0.2) is 4.98 Å². The summed E-state index contributed by atoms with van der Waals surface area (Å²) in [5, 5.41) is 2.26. The highest BCUT2D eigenvalue weighted by Gasteiger charge is 2.12. The summed E-state index contributed by atoms with van der Waals surface area (Å²) in [4.78, 5) is 4.29. The van der Waals surface area contributed by atoms with Gasteiger partial charge in [-0.15, -0.1) is 0 Å². The quantitative estimate of drug-likeness (QED) is 0.742. The minimum absolute atomic E-state index is 0.132. The number of benzene rings is 2. The van der Waals surface area contributed by atoms with Gasteiger partial charge in [-0.1, -0.05) is 36.4 Å². The van der Waals surface area contributed by atoms with Crippen molar-refractivity contribution < 1.29 is 4.74 Å². The second kappa shape index (κ2) is 5.84. The van der Waals surface area contributed by atoms with E-state index in [0.29, 0.717) is 5.88 Å². The lowest BCUT2D eigenvalue weighted by molar-refractivity contribution is 0.450. The number of halogens is 1. The molecular formula is C17H15BrN2O. The highest BCUT2D eigenvalue weighted by atomic mass is 79.9. The molecule has 0 radical (unpaired) electrons. The average molecular weight is 343 g/mol. The van der Waals surface area contributed by atoms with Gasteiger partial charge in [-0.25, -0.2) is 4.98 Å². The molecule has 3 aromatic rings. The van der Waals surface area contributed by atoms with Crippen LogP contribution in [0.2, 0.25) is 0 Å². The van der Waals surface area contributed by atoms with Gasteiger partial charge in [-0.3, -0.25) is 0 Å². The molecule has 1 heterocycles. The van der Waals surface area contributed by atoms with Gasteiger partial charge in [0.15, 0.2) is 0 Å². The van der Waals surface area contributed by atoms with Crippen LogP contribution in [0.15, 0.2) is 59.2 Å². The maximum absolute atomic E-state index is 5.97. The van der Waals surface area contributed by atoms with Gasteiger partial charge in [0.25, 0.3) is 0 Å². The van der Waals surface area contributed by atoms with Crippen molar-refractivity contribution in [1.82, 2.24) is 4.98 Å². The molecule has 0 spiro atoms. The number of nitrogens with zero attached hydrogens (tertiary/aromatic N) is 1. The van der Waals surface area contributed by atoms with Crippen LogP contribution in [-0.2, 0) is 0 Å². The highest BCUT2D eigenvalue weighted by Crippen LogP contribution is 2.36. The van der Waals surface area contributed by atoms with Gasteiger partial charge in [-0.2, -0.15) is 0 Å². The van der Waals surface area contributed by atoms with Crippen molar-refractivity contribution >= 4 is 26.7 Å². The molecule has 3 rings (SSSR count). The Morgan fingerprint density at radius 2 is 1.90 bits per heavy atom. The predicted molar refractivity (Wildman–Crippen MR) is 88.6 cm³/mol. The lowest BCUT2D eigenvalue weighted by Crippen LogP contribution is -2.07. The van der Waals surface area contributed by atoms with E-state index in [1.54, 1.807) is 6.20 Å². The third kappa shape index (κ3) is 2.77. The molecule has 0 bridgehead atoms. The minimum atomic E-state index is -0.132. The van der Waals surface area contributed by atoms with Crippen LogP contribution in [0.5, 0.6) is 11.6 Å². The first-order chi connectivity index (χ1) is 10.2. The SMILES string of the molecule is CC(N)c1cccnc1Oc1ccc2ccccc2c1Br. The Morgan fingerprint density at radius 3 is 2.71 bits per heavy atom. The number of ether oxygens (including phenoxy) is 1. The van der Waals surface area contributed by atoms with Crippen LogP contribution in [0.25, 0.3) is 10.8 Å². The Bertz CT molecular complexity index is 787. The van der Waals surface area contributed by atoms with E-state index in [4.69, 9.17) is 10.5 Å². The van der Waals surface area contributed by atoms with Crippen LogP contribution in [0, 0.1) is 0 Å². The molecule has 0 saturated heterocycles. The molecule has 1 unspecified atom stereocenters. The number of hydrogen-bond donors (Lipinski definition) is 1. The molecular weight excluding hydrogens is 328 g/mol. The first-order valence-electron chi connectivity index (χ1n) is 6.72. The van der Waals surface area contributed by atoms with Crippen molar-refractivity contribution in [3.05, 3.63) is 64.8 Å². The van der Waals surface area contributed by atoms with E-state index >= 15 is 0 Å². The van der Waals surface area contributed by atoms with E-state index in [1.165, 1.54) is 0 Å². The number of rotatable bonds is 3. The smallest absolute Gasteiger partial charge is 0.224 e. The molecule has 0 aliphatic heterocycles. The molecule has 1 aromatic heterocycles. The van der Waals surface area contributed by atoms with Crippen molar-refractivity contribution in [2.24, 2.45) is 5.73 Å². The summed E-state index contributed by atoms with van der Waals surface area (Å²) in [5.74, 6) is 1.28. The third-order valence-corrected chi connectivity index (χ3v) is 4.14. The van der Waals surface area contributed by atoms with Crippen molar-refractivity contribution in [1.29, 1.82) is 0 Å². The van der Waals surface area contributed by atoms with Gasteiger partial charge in [0.2, 0.25) is 5.88 Å². The Balaban J connectivity index is 2.05. The Hall–Kier alpha value is -1.91. The number of fused-ring (bicyclic) bond motifs is 1. The highest BCUT2D eigenvalue weighted by molar-refractivity contribution is 9.10. The monoisotopic (exact) mass is 342 g/mol. The maximum atomic E-state index is 5.97. The summed E-state index contributed by atoms with van der Waals surface area (Å²) < 4.78 is 6.89. The van der Waals surface area contributed by atoms with E-state index in [-0.39, 0.29) is 6.04 Å². The molecule has 2 aromatic carbocycles. The zero-order chi connectivity index (χ0) is 14.8. The molecule has 1 atom stereocenters. The molecule has 106 valence electrons. The van der Waals surface area contributed by atoms with Crippen molar-refractivity contribution in [3.8, 4) is 11.6 Å². The van der Waals surface area contributed by atoms with Crippen molar-refractivity contribution in [3.63, 3.8) is 0 Å². The number of pyridine rings is 1. The van der Waals surface area contributed by atoms with Crippen molar-refractivity contribution in [2.75, 3.05) is 0 Å². The normalized spacial score (nSPS) is 12.3. The molecule has 0 aliphatic carbocycles. The summed E-state index contributed by atoms with van der Waals surface area (Å²) in [6.07, 6.45) is 1.70. The molecule has 0 amide bonds. The fraction of sp³-hybridized carbons (Fsp3) is 0.118. The summed E-state index contributed by atoms with van der Waals surface area (Å²) in [7, 11) is 0. The maximum Gasteiger partial charge on any atom is 0.224 e. The van der Waals surface area contributed by atoms with Gasteiger partial charge in [0.05, 0.1) is 4.47 Å². The van der Waals surface area contributed by atoms with Gasteiger partial charge in [0, 0.05) is 17.8 Å². The van der Waals surface area contributed by atoms with Gasteiger partial charge >= 0.3 is 0 Å². The standard InChI is InChI=1S/C17H15BrN2O/c1-11(19)13-7-4-10-20-17(13)21-15-9-8-12-5-2-3-6-14(12)16(15)18/h2-11H,19H2,1H3. The zero-order valence-corrected chi connectivity index (χ0v) is 13.2. The summed E-state index contributed by atoms with van der Waals surface area (Å²) in [5.41, 5.74) is 6.85. The number of hydrogen-bond acceptors (Lipinski definition) is 3. The van der Waals surface area contributed by atoms with Crippen LogP contribution in [0.1, 0.15) is 18.5 Å². The third-order valence-electron chi connectivity index (χ3n) is 3.33. The summed E-state index contributed by atoms with van der Waals surface area (Å²) >= 11 is 3.62. The van der Waals surface area contributed by atoms with Crippen molar-refractivity contribution in [2.45, 2.75) is 13.0 Å². The van der Waals surface area contributed by atoms with Gasteiger partial charge in [-0.05, 0) is 45.8 Å². The number of nitrogens with two attached hydrogens (primary N) is 1. The van der Waals surface area contributed by atoms with Gasteiger partial charge < -0.3 is 10.5 Å². The molecule has 2 N–H and O–H groups in total. The van der Waals surface area contributed by atoms with Crippen LogP contribution < -0.4 is 10.5 Å². The minimum Gasteiger partial charge on any atom is -0.437 e. The molecule has 0 saturated carbocycles. The van der Waals surface area contributed by atoms with Gasteiger partial charge in [0.1, 0.15) is 5.75 Å². The topological polar surface area (TPSA) is 48.1 Å². The molecule has 3 nitrogen and oxygen atoms in total.